The Labute approximate surface area is 148 Å². The number of imidazole rings is 1. The van der Waals surface area contributed by atoms with E-state index in [9.17, 15) is 4.79 Å². The molecule has 25 heavy (non-hydrogen) atoms. The third-order valence-corrected chi connectivity index (χ3v) is 5.37. The Kier molecular flexibility index (Phi) is 4.61. The Balaban J connectivity index is 1.34. The number of fused-ring (bicyclic) bond motifs is 1. The highest BCUT2D eigenvalue weighted by molar-refractivity contribution is 5.77. The van der Waals surface area contributed by atoms with E-state index in [1.165, 1.54) is 24.2 Å². The van der Waals surface area contributed by atoms with Crippen molar-refractivity contribution in [1.82, 2.24) is 19.8 Å². The summed E-state index contributed by atoms with van der Waals surface area (Å²) in [5.41, 5.74) is 2.75. The van der Waals surface area contributed by atoms with Crippen molar-refractivity contribution in [1.29, 1.82) is 0 Å². The van der Waals surface area contributed by atoms with Crippen LogP contribution in [-0.2, 0) is 24.2 Å². The smallest absolute Gasteiger partial charge is 0.234 e. The van der Waals surface area contributed by atoms with Gasteiger partial charge in [-0.3, -0.25) is 9.69 Å². The van der Waals surface area contributed by atoms with E-state index in [2.05, 4.69) is 21.7 Å². The van der Waals surface area contributed by atoms with Gasteiger partial charge in [-0.25, -0.2) is 4.98 Å². The van der Waals surface area contributed by atoms with E-state index >= 15 is 0 Å². The summed E-state index contributed by atoms with van der Waals surface area (Å²) >= 11 is 0. The number of aryl methyl sites for hydroxylation is 2. The lowest BCUT2D eigenvalue weighted by Gasteiger charge is -2.21. The number of likely N-dealkylation sites (tertiary alicyclic amines) is 1. The van der Waals surface area contributed by atoms with Gasteiger partial charge in [-0.2, -0.15) is 0 Å². The Bertz CT molecular complexity index is 735. The first-order valence-corrected chi connectivity index (χ1v) is 9.28. The Hall–Kier alpha value is -2.08. The number of nitrogens with one attached hydrogen (secondary N) is 1. The first-order valence-electron chi connectivity index (χ1n) is 9.28. The van der Waals surface area contributed by atoms with Crippen molar-refractivity contribution in [3.8, 4) is 0 Å². The Morgan fingerprint density at radius 3 is 3.12 bits per heavy atom. The van der Waals surface area contributed by atoms with Crippen molar-refractivity contribution in [3.63, 3.8) is 0 Å². The molecule has 0 saturated carbocycles. The SMILES string of the molecule is Cc1nc2c(n1[C@H]1CCN(CC(=O)NCc3ccco3)C1)CCCC2. The van der Waals surface area contributed by atoms with Crippen molar-refractivity contribution >= 4 is 5.91 Å². The highest BCUT2D eigenvalue weighted by Crippen LogP contribution is 2.30. The van der Waals surface area contributed by atoms with Crippen LogP contribution >= 0.6 is 0 Å². The molecule has 2 aliphatic rings. The van der Waals surface area contributed by atoms with Crippen LogP contribution in [-0.4, -0.2) is 40.0 Å². The number of carbonyl (C=O) groups is 1. The fourth-order valence-corrected chi connectivity index (χ4v) is 4.21. The predicted molar refractivity (Wildman–Crippen MR) is 94.3 cm³/mol. The van der Waals surface area contributed by atoms with Gasteiger partial charge in [0.25, 0.3) is 0 Å². The molecule has 1 aliphatic carbocycles. The normalized spacial score (nSPS) is 20.6. The molecule has 4 rings (SSSR count). The minimum atomic E-state index is 0.0569. The fourth-order valence-electron chi connectivity index (χ4n) is 4.21. The molecule has 0 spiro atoms. The summed E-state index contributed by atoms with van der Waals surface area (Å²) in [4.78, 5) is 19.2. The summed E-state index contributed by atoms with van der Waals surface area (Å²) in [7, 11) is 0. The van der Waals surface area contributed by atoms with Crippen LogP contribution in [0.5, 0.6) is 0 Å². The van der Waals surface area contributed by atoms with Gasteiger partial charge in [-0.1, -0.05) is 0 Å². The van der Waals surface area contributed by atoms with Crippen molar-refractivity contribution in [3.05, 3.63) is 41.4 Å². The van der Waals surface area contributed by atoms with Crippen molar-refractivity contribution in [2.45, 2.75) is 51.6 Å². The van der Waals surface area contributed by atoms with Gasteiger partial charge in [-0.05, 0) is 51.2 Å². The molecule has 0 aromatic carbocycles. The van der Waals surface area contributed by atoms with Crippen LogP contribution in [0.15, 0.2) is 22.8 Å². The lowest BCUT2D eigenvalue weighted by atomic mass is 10.0. The Morgan fingerprint density at radius 1 is 1.40 bits per heavy atom. The van der Waals surface area contributed by atoms with Gasteiger partial charge in [-0.15, -0.1) is 0 Å². The van der Waals surface area contributed by atoms with Gasteiger partial charge in [0.15, 0.2) is 0 Å². The first-order chi connectivity index (χ1) is 12.2. The van der Waals surface area contributed by atoms with Gasteiger partial charge < -0.3 is 14.3 Å². The van der Waals surface area contributed by atoms with Crippen LogP contribution in [0, 0.1) is 6.92 Å². The molecule has 1 aliphatic heterocycles. The average molecular weight is 342 g/mol. The van der Waals surface area contributed by atoms with Gasteiger partial charge in [0.1, 0.15) is 11.6 Å². The maximum absolute atomic E-state index is 12.2. The van der Waals surface area contributed by atoms with Crippen molar-refractivity contribution in [2.24, 2.45) is 0 Å². The second-order valence-electron chi connectivity index (χ2n) is 7.16. The number of hydrogen-bond donors (Lipinski definition) is 1. The molecule has 1 N–H and O–H groups in total. The van der Waals surface area contributed by atoms with Crippen LogP contribution in [0.4, 0.5) is 0 Å². The molecular weight excluding hydrogens is 316 g/mol. The second kappa shape index (κ2) is 7.04. The minimum Gasteiger partial charge on any atom is -0.467 e. The highest BCUT2D eigenvalue weighted by atomic mass is 16.3. The molecule has 1 fully saturated rings. The molecule has 6 nitrogen and oxygen atoms in total. The third-order valence-electron chi connectivity index (χ3n) is 5.37. The van der Waals surface area contributed by atoms with E-state index < -0.39 is 0 Å². The van der Waals surface area contributed by atoms with E-state index in [4.69, 9.17) is 9.40 Å². The summed E-state index contributed by atoms with van der Waals surface area (Å²) in [5.74, 6) is 1.98. The molecule has 3 heterocycles. The fraction of sp³-hybridized carbons (Fsp3) is 0.579. The summed E-state index contributed by atoms with van der Waals surface area (Å²) in [6.07, 6.45) is 7.51. The average Bonchev–Trinajstić information content (AvgIpc) is 3.32. The molecule has 1 saturated heterocycles. The first kappa shape index (κ1) is 16.4. The number of furan rings is 1. The third kappa shape index (κ3) is 3.49. The zero-order valence-electron chi connectivity index (χ0n) is 14.8. The van der Waals surface area contributed by atoms with E-state index in [0.29, 0.717) is 19.1 Å². The highest BCUT2D eigenvalue weighted by Gasteiger charge is 2.29. The summed E-state index contributed by atoms with van der Waals surface area (Å²) < 4.78 is 7.70. The summed E-state index contributed by atoms with van der Waals surface area (Å²) in [6, 6.07) is 4.16. The zero-order chi connectivity index (χ0) is 17.2. The zero-order valence-corrected chi connectivity index (χ0v) is 14.8. The molecular formula is C19H26N4O2. The van der Waals surface area contributed by atoms with Crippen molar-refractivity contribution in [2.75, 3.05) is 19.6 Å². The quantitative estimate of drug-likeness (QED) is 0.905. The molecule has 0 bridgehead atoms. The minimum absolute atomic E-state index is 0.0569. The molecule has 0 unspecified atom stereocenters. The number of aromatic nitrogens is 2. The molecule has 6 heteroatoms. The van der Waals surface area contributed by atoms with Gasteiger partial charge >= 0.3 is 0 Å². The second-order valence-corrected chi connectivity index (χ2v) is 7.16. The number of nitrogens with zero attached hydrogens (tertiary/aromatic N) is 3. The van der Waals surface area contributed by atoms with E-state index in [0.717, 1.165) is 43.9 Å². The molecule has 0 radical (unpaired) electrons. The van der Waals surface area contributed by atoms with Crippen LogP contribution in [0.3, 0.4) is 0 Å². The molecule has 1 amide bonds. The summed E-state index contributed by atoms with van der Waals surface area (Å²) in [6.45, 7) is 4.92. The Morgan fingerprint density at radius 2 is 2.28 bits per heavy atom. The monoisotopic (exact) mass is 342 g/mol. The van der Waals surface area contributed by atoms with Crippen LogP contribution in [0.2, 0.25) is 0 Å². The maximum Gasteiger partial charge on any atom is 0.234 e. The lowest BCUT2D eigenvalue weighted by molar-refractivity contribution is -0.122. The predicted octanol–water partition coefficient (Wildman–Crippen LogP) is 2.23. The molecule has 2 aromatic rings. The van der Waals surface area contributed by atoms with Crippen LogP contribution < -0.4 is 5.32 Å². The van der Waals surface area contributed by atoms with Crippen LogP contribution in [0.25, 0.3) is 0 Å². The molecule has 134 valence electrons. The topological polar surface area (TPSA) is 63.3 Å². The number of hydrogen-bond acceptors (Lipinski definition) is 4. The number of carbonyl (C=O) groups excluding carboxylic acids is 1. The number of rotatable bonds is 5. The standard InChI is InChI=1S/C19H26N4O2/c1-14-21-17-6-2-3-7-18(17)23(14)15-8-9-22(12-15)13-19(24)20-11-16-5-4-10-25-16/h4-5,10,15H,2-3,6-9,11-13H2,1H3,(H,20,24)/t15-/m0/s1. The van der Waals surface area contributed by atoms with Crippen LogP contribution in [0.1, 0.15) is 48.3 Å². The van der Waals surface area contributed by atoms with E-state index in [1.807, 2.05) is 12.1 Å². The van der Waals surface area contributed by atoms with Gasteiger partial charge in [0, 0.05) is 24.8 Å². The van der Waals surface area contributed by atoms with Crippen molar-refractivity contribution < 1.29 is 9.21 Å². The lowest BCUT2D eigenvalue weighted by Crippen LogP contribution is -2.36. The van der Waals surface area contributed by atoms with Gasteiger partial charge in [0.05, 0.1) is 25.0 Å². The van der Waals surface area contributed by atoms with E-state index in [-0.39, 0.29) is 5.91 Å². The maximum atomic E-state index is 12.2. The number of amides is 1. The summed E-state index contributed by atoms with van der Waals surface area (Å²) in [5, 5.41) is 2.93. The molecule has 1 atom stereocenters. The van der Waals surface area contributed by atoms with E-state index in [1.54, 1.807) is 6.26 Å². The molecule has 2 aromatic heterocycles. The van der Waals surface area contributed by atoms with Gasteiger partial charge in [0.2, 0.25) is 5.91 Å². The largest absolute Gasteiger partial charge is 0.467 e.